The fourth-order valence-electron chi connectivity index (χ4n) is 2.68. The van der Waals surface area contributed by atoms with Crippen LogP contribution in [-0.2, 0) is 4.79 Å². The molecule has 0 spiro atoms. The highest BCUT2D eigenvalue weighted by Crippen LogP contribution is 2.32. The summed E-state index contributed by atoms with van der Waals surface area (Å²) in [5, 5.41) is 3.37. The van der Waals surface area contributed by atoms with E-state index in [0.29, 0.717) is 10.9 Å². The van der Waals surface area contributed by atoms with E-state index in [0.717, 1.165) is 33.0 Å². The van der Waals surface area contributed by atoms with E-state index in [1.54, 1.807) is 7.11 Å². The summed E-state index contributed by atoms with van der Waals surface area (Å²) in [7, 11) is 1.66. The highest BCUT2D eigenvalue weighted by molar-refractivity contribution is 7.16. The first-order valence-electron chi connectivity index (χ1n) is 8.58. The molecule has 6 heteroatoms. The van der Waals surface area contributed by atoms with Crippen molar-refractivity contribution in [3.8, 4) is 22.8 Å². The molecule has 1 aromatic heterocycles. The third kappa shape index (κ3) is 4.65. The van der Waals surface area contributed by atoms with Crippen LogP contribution >= 0.6 is 11.3 Å². The summed E-state index contributed by atoms with van der Waals surface area (Å²) in [6.07, 6.45) is 0. The largest absolute Gasteiger partial charge is 0.496 e. The van der Waals surface area contributed by atoms with Crippen LogP contribution in [0.5, 0.6) is 11.5 Å². The molecule has 0 aliphatic rings. The zero-order valence-electron chi connectivity index (χ0n) is 15.8. The van der Waals surface area contributed by atoms with Gasteiger partial charge in [0.05, 0.1) is 12.8 Å². The summed E-state index contributed by atoms with van der Waals surface area (Å²) in [5.41, 5.74) is 4.05. The summed E-state index contributed by atoms with van der Waals surface area (Å²) in [6, 6.07) is 13.5. The maximum atomic E-state index is 12.2. The number of anilines is 1. The quantitative estimate of drug-likeness (QED) is 0.668. The molecule has 27 heavy (non-hydrogen) atoms. The van der Waals surface area contributed by atoms with Crippen LogP contribution in [0.15, 0.2) is 42.5 Å². The Labute approximate surface area is 163 Å². The zero-order chi connectivity index (χ0) is 19.4. The minimum absolute atomic E-state index is 0.0569. The molecule has 0 aliphatic carbocycles. The van der Waals surface area contributed by atoms with Gasteiger partial charge < -0.3 is 9.47 Å². The Balaban J connectivity index is 1.66. The molecule has 1 amide bonds. The lowest BCUT2D eigenvalue weighted by molar-refractivity contribution is -0.118. The summed E-state index contributed by atoms with van der Waals surface area (Å²) in [6.45, 7) is 5.93. The van der Waals surface area contributed by atoms with Gasteiger partial charge in [-0.1, -0.05) is 17.7 Å². The van der Waals surface area contributed by atoms with Crippen LogP contribution in [0, 0.1) is 20.8 Å². The third-order valence-corrected chi connectivity index (χ3v) is 4.99. The minimum Gasteiger partial charge on any atom is -0.496 e. The molecule has 1 N–H and O–H groups in total. The van der Waals surface area contributed by atoms with Crippen molar-refractivity contribution in [1.29, 1.82) is 0 Å². The molecule has 140 valence electrons. The van der Waals surface area contributed by atoms with E-state index in [1.807, 2.05) is 63.2 Å². The van der Waals surface area contributed by atoms with Gasteiger partial charge in [-0.05, 0) is 56.7 Å². The molecule has 3 aromatic rings. The molecule has 0 saturated heterocycles. The van der Waals surface area contributed by atoms with Gasteiger partial charge in [-0.3, -0.25) is 10.1 Å². The third-order valence-electron chi connectivity index (χ3n) is 4.10. The van der Waals surface area contributed by atoms with Crippen molar-refractivity contribution in [3.63, 3.8) is 0 Å². The number of amides is 1. The number of aryl methyl sites for hydroxylation is 3. The first kappa shape index (κ1) is 18.9. The zero-order valence-corrected chi connectivity index (χ0v) is 16.6. The van der Waals surface area contributed by atoms with E-state index in [2.05, 4.69) is 10.3 Å². The predicted molar refractivity (Wildman–Crippen MR) is 109 cm³/mol. The van der Waals surface area contributed by atoms with Crippen molar-refractivity contribution in [2.75, 3.05) is 19.0 Å². The number of carbonyl (C=O) groups excluding carboxylic acids is 1. The molecule has 5 nitrogen and oxygen atoms in total. The number of carbonyl (C=O) groups is 1. The molecule has 0 fully saturated rings. The predicted octanol–water partition coefficient (Wildman–Crippen LogP) is 4.76. The van der Waals surface area contributed by atoms with Crippen molar-refractivity contribution in [2.24, 2.45) is 0 Å². The Morgan fingerprint density at radius 3 is 2.52 bits per heavy atom. The highest BCUT2D eigenvalue weighted by atomic mass is 32.1. The SMILES string of the molecule is COc1ccc(-c2nc(NC(=O)COc3ccc(C)cc3)sc2C)cc1C. The van der Waals surface area contributed by atoms with Crippen molar-refractivity contribution >= 4 is 22.4 Å². The lowest BCUT2D eigenvalue weighted by Gasteiger charge is -2.06. The highest BCUT2D eigenvalue weighted by Gasteiger charge is 2.13. The standard InChI is InChI=1S/C21H22N2O3S/c1-13-5-8-17(9-6-13)26-12-19(24)22-21-23-20(15(3)27-21)16-7-10-18(25-4)14(2)11-16/h5-11H,12H2,1-4H3,(H,22,23,24). The number of nitrogens with one attached hydrogen (secondary N) is 1. The van der Waals surface area contributed by atoms with Crippen LogP contribution in [0.25, 0.3) is 11.3 Å². The Kier molecular flexibility index (Phi) is 5.76. The molecule has 0 aliphatic heterocycles. The first-order valence-corrected chi connectivity index (χ1v) is 9.39. The molecule has 3 rings (SSSR count). The van der Waals surface area contributed by atoms with E-state index < -0.39 is 0 Å². The number of methoxy groups -OCH3 is 1. The average molecular weight is 382 g/mol. The molecule has 2 aromatic carbocycles. The van der Waals surface area contributed by atoms with Gasteiger partial charge in [-0.15, -0.1) is 11.3 Å². The molecule has 1 heterocycles. The smallest absolute Gasteiger partial charge is 0.264 e. The Morgan fingerprint density at radius 1 is 1.11 bits per heavy atom. The molecule has 0 radical (unpaired) electrons. The molecule has 0 unspecified atom stereocenters. The Morgan fingerprint density at radius 2 is 1.85 bits per heavy atom. The number of rotatable bonds is 6. The van der Waals surface area contributed by atoms with Gasteiger partial charge in [0.2, 0.25) is 0 Å². The first-order chi connectivity index (χ1) is 13.0. The van der Waals surface area contributed by atoms with E-state index in [4.69, 9.17) is 9.47 Å². The number of nitrogens with zero attached hydrogens (tertiary/aromatic N) is 1. The van der Waals surface area contributed by atoms with Crippen LogP contribution in [0.1, 0.15) is 16.0 Å². The van der Waals surface area contributed by atoms with Crippen molar-refractivity contribution in [1.82, 2.24) is 4.98 Å². The lowest BCUT2D eigenvalue weighted by atomic mass is 10.1. The van der Waals surface area contributed by atoms with E-state index in [9.17, 15) is 4.79 Å². The topological polar surface area (TPSA) is 60.5 Å². The van der Waals surface area contributed by atoms with Gasteiger partial charge in [-0.2, -0.15) is 0 Å². The summed E-state index contributed by atoms with van der Waals surface area (Å²) < 4.78 is 10.8. The van der Waals surface area contributed by atoms with E-state index >= 15 is 0 Å². The minimum atomic E-state index is -0.234. The van der Waals surface area contributed by atoms with Crippen molar-refractivity contribution in [2.45, 2.75) is 20.8 Å². The average Bonchev–Trinajstić information content (AvgIpc) is 3.01. The van der Waals surface area contributed by atoms with Gasteiger partial charge in [0.25, 0.3) is 5.91 Å². The molecular formula is C21H22N2O3S. The number of ether oxygens (including phenoxy) is 2. The second-order valence-electron chi connectivity index (χ2n) is 6.26. The van der Waals surface area contributed by atoms with Crippen LogP contribution in [0.4, 0.5) is 5.13 Å². The second-order valence-corrected chi connectivity index (χ2v) is 7.46. The molecular weight excluding hydrogens is 360 g/mol. The van der Waals surface area contributed by atoms with E-state index in [1.165, 1.54) is 11.3 Å². The van der Waals surface area contributed by atoms with Crippen LogP contribution in [0.2, 0.25) is 0 Å². The van der Waals surface area contributed by atoms with Gasteiger partial charge in [0.1, 0.15) is 11.5 Å². The van der Waals surface area contributed by atoms with Crippen LogP contribution in [0.3, 0.4) is 0 Å². The van der Waals surface area contributed by atoms with Gasteiger partial charge in [0.15, 0.2) is 11.7 Å². The Bertz CT molecular complexity index is 949. The number of benzene rings is 2. The van der Waals surface area contributed by atoms with Crippen LogP contribution < -0.4 is 14.8 Å². The fraction of sp³-hybridized carbons (Fsp3) is 0.238. The van der Waals surface area contributed by atoms with Gasteiger partial charge >= 0.3 is 0 Å². The van der Waals surface area contributed by atoms with E-state index in [-0.39, 0.29) is 12.5 Å². The molecule has 0 atom stereocenters. The number of aromatic nitrogens is 1. The maximum Gasteiger partial charge on any atom is 0.264 e. The number of hydrogen-bond acceptors (Lipinski definition) is 5. The second kappa shape index (κ2) is 8.22. The van der Waals surface area contributed by atoms with Crippen molar-refractivity contribution in [3.05, 3.63) is 58.5 Å². The monoisotopic (exact) mass is 382 g/mol. The van der Waals surface area contributed by atoms with Gasteiger partial charge in [-0.25, -0.2) is 4.98 Å². The fourth-order valence-corrected chi connectivity index (χ4v) is 3.53. The van der Waals surface area contributed by atoms with Crippen molar-refractivity contribution < 1.29 is 14.3 Å². The van der Waals surface area contributed by atoms with Crippen LogP contribution in [-0.4, -0.2) is 24.6 Å². The summed E-state index contributed by atoms with van der Waals surface area (Å²) in [5.74, 6) is 1.27. The number of hydrogen-bond donors (Lipinski definition) is 1. The lowest BCUT2D eigenvalue weighted by Crippen LogP contribution is -2.20. The number of thiazole rings is 1. The summed E-state index contributed by atoms with van der Waals surface area (Å²) in [4.78, 5) is 17.8. The normalized spacial score (nSPS) is 10.5. The summed E-state index contributed by atoms with van der Waals surface area (Å²) >= 11 is 1.45. The van der Waals surface area contributed by atoms with Gasteiger partial charge in [0, 0.05) is 10.4 Å². The molecule has 0 saturated carbocycles. The maximum absolute atomic E-state index is 12.2. The Hall–Kier alpha value is -2.86. The molecule has 0 bridgehead atoms.